The van der Waals surface area contributed by atoms with Crippen LogP contribution in [0.4, 0.5) is 5.95 Å². The first-order valence-electron chi connectivity index (χ1n) is 14.7. The van der Waals surface area contributed by atoms with Gasteiger partial charge in [-0.1, -0.05) is 65.0 Å². The van der Waals surface area contributed by atoms with Gasteiger partial charge in [0.2, 0.25) is 5.95 Å². The van der Waals surface area contributed by atoms with E-state index in [1.807, 2.05) is 13.8 Å². The Kier molecular flexibility index (Phi) is 15.0. The Balaban J connectivity index is 1.79. The Morgan fingerprint density at radius 3 is 2.50 bits per heavy atom. The van der Waals surface area contributed by atoms with Gasteiger partial charge in [0.05, 0.1) is 19.5 Å². The minimum atomic E-state index is -0.727. The highest BCUT2D eigenvalue weighted by atomic mass is 16.5. The van der Waals surface area contributed by atoms with Gasteiger partial charge in [0.1, 0.15) is 6.04 Å². The van der Waals surface area contributed by atoms with Crippen molar-refractivity contribution in [2.24, 2.45) is 17.6 Å². The monoisotopic (exact) mass is 560 g/mol. The second kappa shape index (κ2) is 18.2. The van der Waals surface area contributed by atoms with Crippen molar-refractivity contribution in [1.29, 1.82) is 0 Å². The van der Waals surface area contributed by atoms with Crippen LogP contribution in [0, 0.1) is 11.8 Å². The zero-order valence-corrected chi connectivity index (χ0v) is 24.4. The topological polar surface area (TPSA) is 168 Å². The predicted molar refractivity (Wildman–Crippen MR) is 156 cm³/mol. The molecule has 2 aromatic rings. The maximum absolute atomic E-state index is 12.3. The Morgan fingerprint density at radius 1 is 1.07 bits per heavy atom. The maximum atomic E-state index is 12.3. The summed E-state index contributed by atoms with van der Waals surface area (Å²) in [6.07, 6.45) is 16.9. The van der Waals surface area contributed by atoms with E-state index < -0.39 is 17.6 Å². The third-order valence-corrected chi connectivity index (χ3v) is 6.83. The SMILES string of the molecule is CCCC/C=C/CCCCCCCC(=O)OCC[C@@H](COC(=O)[C@@H](N)C(C)C)Cn1cnc2c(=O)[nH]c(N)nc21. The molecule has 0 aliphatic rings. The van der Waals surface area contributed by atoms with Crippen molar-refractivity contribution < 1.29 is 19.1 Å². The molecule has 0 bridgehead atoms. The average Bonchev–Trinajstić information content (AvgIpc) is 3.32. The molecule has 11 nitrogen and oxygen atoms in total. The number of hydrogen-bond donors (Lipinski definition) is 3. The van der Waals surface area contributed by atoms with E-state index in [-0.39, 0.29) is 42.5 Å². The zero-order valence-electron chi connectivity index (χ0n) is 24.4. The Hall–Kier alpha value is -3.21. The van der Waals surface area contributed by atoms with E-state index in [0.717, 1.165) is 25.7 Å². The molecule has 0 spiro atoms. The number of unbranched alkanes of at least 4 members (excludes halogenated alkanes) is 7. The summed E-state index contributed by atoms with van der Waals surface area (Å²) in [5.41, 5.74) is 11.7. The van der Waals surface area contributed by atoms with Crippen LogP contribution in [-0.2, 0) is 25.6 Å². The summed E-state index contributed by atoms with van der Waals surface area (Å²) in [6, 6.07) is -0.727. The number of esters is 2. The van der Waals surface area contributed by atoms with Gasteiger partial charge in [-0.15, -0.1) is 0 Å². The van der Waals surface area contributed by atoms with Crippen molar-refractivity contribution in [3.63, 3.8) is 0 Å². The van der Waals surface area contributed by atoms with Crippen LogP contribution in [0.2, 0.25) is 0 Å². The van der Waals surface area contributed by atoms with Crippen molar-refractivity contribution in [2.45, 2.75) is 104 Å². The van der Waals surface area contributed by atoms with Crippen LogP contribution in [0.25, 0.3) is 11.2 Å². The summed E-state index contributed by atoms with van der Waals surface area (Å²) in [5, 5.41) is 0. The lowest BCUT2D eigenvalue weighted by Crippen LogP contribution is -2.38. The lowest BCUT2D eigenvalue weighted by molar-refractivity contribution is -0.149. The van der Waals surface area contributed by atoms with Crippen molar-refractivity contribution in [1.82, 2.24) is 19.5 Å². The van der Waals surface area contributed by atoms with E-state index in [0.29, 0.717) is 25.0 Å². The molecule has 2 rings (SSSR count). The number of nitrogens with two attached hydrogens (primary N) is 2. The molecule has 0 unspecified atom stereocenters. The number of hydrogen-bond acceptors (Lipinski definition) is 9. The summed E-state index contributed by atoms with van der Waals surface area (Å²) in [7, 11) is 0. The number of ether oxygens (including phenoxy) is 2. The summed E-state index contributed by atoms with van der Waals surface area (Å²) < 4.78 is 12.6. The van der Waals surface area contributed by atoms with E-state index in [1.165, 1.54) is 38.4 Å². The number of aromatic nitrogens is 4. The van der Waals surface area contributed by atoms with Crippen molar-refractivity contribution in [3.8, 4) is 0 Å². The first-order chi connectivity index (χ1) is 19.2. The molecule has 0 saturated carbocycles. The number of nitrogens with one attached hydrogen (secondary N) is 1. The number of fused-ring (bicyclic) bond motifs is 1. The van der Waals surface area contributed by atoms with Crippen molar-refractivity contribution >= 4 is 29.1 Å². The summed E-state index contributed by atoms with van der Waals surface area (Å²) >= 11 is 0. The molecule has 2 atom stereocenters. The van der Waals surface area contributed by atoms with Gasteiger partial charge in [0, 0.05) is 18.9 Å². The fourth-order valence-corrected chi connectivity index (χ4v) is 4.21. The molecule has 0 amide bonds. The molecule has 2 heterocycles. The molecule has 224 valence electrons. The third-order valence-electron chi connectivity index (χ3n) is 6.83. The largest absolute Gasteiger partial charge is 0.466 e. The van der Waals surface area contributed by atoms with Gasteiger partial charge < -0.3 is 25.5 Å². The summed E-state index contributed by atoms with van der Waals surface area (Å²) in [4.78, 5) is 47.5. The molecule has 0 fully saturated rings. The van der Waals surface area contributed by atoms with Gasteiger partial charge in [0.15, 0.2) is 11.2 Å². The van der Waals surface area contributed by atoms with Gasteiger partial charge in [-0.25, -0.2) is 4.98 Å². The van der Waals surface area contributed by atoms with E-state index in [9.17, 15) is 14.4 Å². The maximum Gasteiger partial charge on any atom is 0.323 e. The highest BCUT2D eigenvalue weighted by molar-refractivity contribution is 5.75. The molecule has 2 aromatic heterocycles. The Bertz CT molecular complexity index is 1130. The standard InChI is InChI=1S/C29H48N6O5/c1-4-5-6-7-8-9-10-11-12-13-14-15-23(36)39-17-16-22(19-40-28(38)24(30)21(2)3)18-35-20-32-25-26(35)33-29(31)34-27(25)37/h7-8,20-22,24H,4-6,9-19,30H2,1-3H3,(H3,31,33,34,37)/b8-7+/t22-,24+/m1/s1. The van der Waals surface area contributed by atoms with Crippen LogP contribution >= 0.6 is 0 Å². The van der Waals surface area contributed by atoms with E-state index in [1.54, 1.807) is 4.57 Å². The van der Waals surface area contributed by atoms with Crippen LogP contribution in [0.15, 0.2) is 23.3 Å². The summed E-state index contributed by atoms with van der Waals surface area (Å²) in [5.74, 6) is -1.02. The lowest BCUT2D eigenvalue weighted by atomic mass is 10.1. The van der Waals surface area contributed by atoms with Gasteiger partial charge in [-0.2, -0.15) is 4.98 Å². The van der Waals surface area contributed by atoms with E-state index in [2.05, 4.69) is 34.0 Å². The highest BCUT2D eigenvalue weighted by Gasteiger charge is 2.22. The first-order valence-corrected chi connectivity index (χ1v) is 14.7. The van der Waals surface area contributed by atoms with Gasteiger partial charge >= 0.3 is 11.9 Å². The number of imidazole rings is 1. The fourth-order valence-electron chi connectivity index (χ4n) is 4.21. The minimum absolute atomic E-state index is 0.0155. The van der Waals surface area contributed by atoms with Gasteiger partial charge in [0.25, 0.3) is 5.56 Å². The predicted octanol–water partition coefficient (Wildman–Crippen LogP) is 4.25. The number of carbonyl (C=O) groups is 2. The van der Waals surface area contributed by atoms with Crippen LogP contribution in [0.1, 0.15) is 91.4 Å². The molecule has 40 heavy (non-hydrogen) atoms. The smallest absolute Gasteiger partial charge is 0.323 e. The number of aromatic amines is 1. The molecule has 5 N–H and O–H groups in total. The average molecular weight is 561 g/mol. The molecule has 0 aliphatic carbocycles. The normalized spacial score (nSPS) is 13.2. The van der Waals surface area contributed by atoms with Crippen molar-refractivity contribution in [2.75, 3.05) is 18.9 Å². The molecular weight excluding hydrogens is 512 g/mol. The number of allylic oxidation sites excluding steroid dienone is 2. The number of H-pyrrole nitrogens is 1. The van der Waals surface area contributed by atoms with Crippen LogP contribution in [0.5, 0.6) is 0 Å². The highest BCUT2D eigenvalue weighted by Crippen LogP contribution is 2.15. The number of nitrogen functional groups attached to an aromatic ring is 1. The number of nitrogens with zero attached hydrogens (tertiary/aromatic N) is 3. The third kappa shape index (κ3) is 11.9. The Labute approximate surface area is 237 Å². The van der Waals surface area contributed by atoms with E-state index >= 15 is 0 Å². The van der Waals surface area contributed by atoms with Crippen molar-refractivity contribution in [3.05, 3.63) is 28.8 Å². The molecule has 0 aromatic carbocycles. The van der Waals surface area contributed by atoms with Gasteiger partial charge in [-0.3, -0.25) is 19.4 Å². The number of carbonyl (C=O) groups excluding carboxylic acids is 2. The molecule has 11 heteroatoms. The number of rotatable bonds is 20. The molecule has 0 aliphatic heterocycles. The molecule has 0 radical (unpaired) electrons. The molecular formula is C29H48N6O5. The second-order valence-electron chi connectivity index (χ2n) is 10.7. The quantitative estimate of drug-likeness (QED) is 0.122. The van der Waals surface area contributed by atoms with Crippen LogP contribution < -0.4 is 17.0 Å². The summed E-state index contributed by atoms with van der Waals surface area (Å²) in [6.45, 7) is 6.49. The Morgan fingerprint density at radius 2 is 1.77 bits per heavy atom. The fraction of sp³-hybridized carbons (Fsp3) is 0.690. The zero-order chi connectivity index (χ0) is 29.3. The second-order valence-corrected chi connectivity index (χ2v) is 10.7. The van der Waals surface area contributed by atoms with E-state index in [4.69, 9.17) is 20.9 Å². The van der Waals surface area contributed by atoms with Gasteiger partial charge in [-0.05, 0) is 38.0 Å². The van der Waals surface area contributed by atoms with Crippen LogP contribution in [-0.4, -0.2) is 50.7 Å². The minimum Gasteiger partial charge on any atom is -0.466 e. The first kappa shape index (κ1) is 33.0. The van der Waals surface area contributed by atoms with Crippen LogP contribution in [0.3, 0.4) is 0 Å². The molecule has 0 saturated heterocycles. The lowest BCUT2D eigenvalue weighted by Gasteiger charge is -2.20. The number of anilines is 1.